The molecule has 0 aromatic heterocycles. The average molecular weight is 236 g/mol. The molecule has 0 fully saturated rings. The van der Waals surface area contributed by atoms with Gasteiger partial charge in [0, 0.05) is 5.57 Å². The molecule has 1 aliphatic carbocycles. The molecule has 0 aliphatic heterocycles. The first-order valence-corrected chi connectivity index (χ1v) is 6.16. The highest BCUT2D eigenvalue weighted by Gasteiger charge is 2.33. The smallest absolute Gasteiger partial charge is 0.184 e. The molecule has 0 spiro atoms. The van der Waals surface area contributed by atoms with Gasteiger partial charge < -0.3 is 5.11 Å². The van der Waals surface area contributed by atoms with E-state index < -0.39 is 6.10 Å². The second kappa shape index (κ2) is 4.41. The van der Waals surface area contributed by atoms with Crippen LogP contribution >= 0.6 is 0 Å². The first-order chi connectivity index (χ1) is 7.54. The monoisotopic (exact) mass is 236 g/mol. The standard InChI is InChI=1S/C15H24O2/c1-10(13-11(16)7-8-12(13)17)15(5,6)9-14(2,3)4/h7-8,11,16H,9H2,1-6H3/b13-10-. The fourth-order valence-electron chi connectivity index (χ4n) is 2.74. The van der Waals surface area contributed by atoms with Crippen molar-refractivity contribution in [1.29, 1.82) is 0 Å². The zero-order chi connectivity index (χ0) is 13.4. The number of rotatable bonds is 2. The third kappa shape index (κ3) is 3.29. The van der Waals surface area contributed by atoms with Gasteiger partial charge in [-0.15, -0.1) is 0 Å². The van der Waals surface area contributed by atoms with E-state index in [4.69, 9.17) is 0 Å². The fraction of sp³-hybridized carbons (Fsp3) is 0.667. The Kier molecular flexibility index (Phi) is 3.68. The van der Waals surface area contributed by atoms with E-state index in [1.807, 2.05) is 6.92 Å². The summed E-state index contributed by atoms with van der Waals surface area (Å²) in [7, 11) is 0. The second-order valence-corrected chi connectivity index (χ2v) is 6.83. The number of hydrogen-bond acceptors (Lipinski definition) is 2. The van der Waals surface area contributed by atoms with Gasteiger partial charge in [0.2, 0.25) is 0 Å². The van der Waals surface area contributed by atoms with Crippen LogP contribution in [0.2, 0.25) is 0 Å². The Balaban J connectivity index is 3.07. The lowest BCUT2D eigenvalue weighted by Crippen LogP contribution is -2.25. The molecule has 17 heavy (non-hydrogen) atoms. The maximum Gasteiger partial charge on any atom is 0.184 e. The third-order valence-corrected chi connectivity index (χ3v) is 3.38. The highest BCUT2D eigenvalue weighted by Crippen LogP contribution is 2.41. The van der Waals surface area contributed by atoms with Crippen molar-refractivity contribution in [2.75, 3.05) is 0 Å². The van der Waals surface area contributed by atoms with Crippen molar-refractivity contribution in [3.05, 3.63) is 23.3 Å². The van der Waals surface area contributed by atoms with Crippen molar-refractivity contribution < 1.29 is 9.90 Å². The molecular formula is C15H24O2. The minimum atomic E-state index is -0.721. The predicted octanol–water partition coefficient (Wildman–Crippen LogP) is 3.27. The Morgan fingerprint density at radius 1 is 1.29 bits per heavy atom. The molecule has 1 atom stereocenters. The highest BCUT2D eigenvalue weighted by molar-refractivity contribution is 6.08. The summed E-state index contributed by atoms with van der Waals surface area (Å²) in [5.74, 6) is -0.0445. The van der Waals surface area contributed by atoms with E-state index in [-0.39, 0.29) is 16.6 Å². The minimum absolute atomic E-state index is 0.0445. The topological polar surface area (TPSA) is 37.3 Å². The van der Waals surface area contributed by atoms with Gasteiger partial charge in [-0.05, 0) is 36.3 Å². The maximum atomic E-state index is 11.7. The molecule has 0 radical (unpaired) electrons. The van der Waals surface area contributed by atoms with Gasteiger partial charge in [-0.1, -0.05) is 40.2 Å². The fourth-order valence-corrected chi connectivity index (χ4v) is 2.74. The molecular weight excluding hydrogens is 212 g/mol. The minimum Gasteiger partial charge on any atom is -0.384 e. The van der Waals surface area contributed by atoms with Crippen LogP contribution in [0.1, 0.15) is 48.0 Å². The van der Waals surface area contributed by atoms with Crippen LogP contribution in [0.25, 0.3) is 0 Å². The molecule has 0 aromatic rings. The average Bonchev–Trinajstić information content (AvgIpc) is 2.41. The summed E-state index contributed by atoms with van der Waals surface area (Å²) in [6.07, 6.45) is 3.29. The first-order valence-electron chi connectivity index (χ1n) is 6.16. The van der Waals surface area contributed by atoms with Crippen molar-refractivity contribution in [1.82, 2.24) is 0 Å². The molecule has 2 nitrogen and oxygen atoms in total. The molecule has 0 bridgehead atoms. The van der Waals surface area contributed by atoms with Crippen LogP contribution in [0.4, 0.5) is 0 Å². The molecule has 1 unspecified atom stereocenters. The second-order valence-electron chi connectivity index (χ2n) is 6.83. The summed E-state index contributed by atoms with van der Waals surface area (Å²) in [5.41, 5.74) is 1.70. The largest absolute Gasteiger partial charge is 0.384 e. The van der Waals surface area contributed by atoms with Crippen LogP contribution in [-0.4, -0.2) is 17.0 Å². The van der Waals surface area contributed by atoms with Gasteiger partial charge in [0.15, 0.2) is 5.78 Å². The summed E-state index contributed by atoms with van der Waals surface area (Å²) in [6, 6.07) is 0. The van der Waals surface area contributed by atoms with Gasteiger partial charge in [-0.25, -0.2) is 0 Å². The number of carbonyl (C=O) groups is 1. The number of aliphatic hydroxyl groups is 1. The summed E-state index contributed by atoms with van der Waals surface area (Å²) in [4.78, 5) is 11.7. The van der Waals surface area contributed by atoms with E-state index in [2.05, 4.69) is 34.6 Å². The predicted molar refractivity (Wildman–Crippen MR) is 70.7 cm³/mol. The lowest BCUT2D eigenvalue weighted by atomic mass is 9.70. The Bertz CT molecular complexity index is 378. The van der Waals surface area contributed by atoms with E-state index in [0.29, 0.717) is 5.57 Å². The van der Waals surface area contributed by atoms with E-state index in [0.717, 1.165) is 12.0 Å². The van der Waals surface area contributed by atoms with Gasteiger partial charge in [-0.3, -0.25) is 4.79 Å². The molecule has 1 rings (SSSR count). The number of allylic oxidation sites excluding steroid dienone is 2. The van der Waals surface area contributed by atoms with Crippen LogP contribution in [0, 0.1) is 10.8 Å². The van der Waals surface area contributed by atoms with Gasteiger partial charge in [-0.2, -0.15) is 0 Å². The Morgan fingerprint density at radius 2 is 1.82 bits per heavy atom. The van der Waals surface area contributed by atoms with Crippen LogP contribution < -0.4 is 0 Å². The number of ketones is 1. The molecule has 0 amide bonds. The van der Waals surface area contributed by atoms with Crippen molar-refractivity contribution >= 4 is 5.78 Å². The number of aliphatic hydroxyl groups excluding tert-OH is 1. The van der Waals surface area contributed by atoms with Crippen molar-refractivity contribution in [2.24, 2.45) is 10.8 Å². The maximum absolute atomic E-state index is 11.7. The Morgan fingerprint density at radius 3 is 2.18 bits per heavy atom. The van der Waals surface area contributed by atoms with Crippen LogP contribution in [0.3, 0.4) is 0 Å². The summed E-state index contributed by atoms with van der Waals surface area (Å²) in [5, 5.41) is 9.83. The van der Waals surface area contributed by atoms with Crippen LogP contribution in [0.5, 0.6) is 0 Å². The van der Waals surface area contributed by atoms with Gasteiger partial charge in [0.1, 0.15) is 6.10 Å². The van der Waals surface area contributed by atoms with Crippen LogP contribution in [0.15, 0.2) is 23.3 Å². The highest BCUT2D eigenvalue weighted by atomic mass is 16.3. The SMILES string of the molecule is C/C(=C1/C(=O)C=CC1O)C(C)(C)CC(C)(C)C. The normalized spacial score (nSPS) is 24.4. The zero-order valence-electron chi connectivity index (χ0n) is 11.8. The lowest BCUT2D eigenvalue weighted by Gasteiger charge is -2.34. The van der Waals surface area contributed by atoms with E-state index in [1.165, 1.54) is 6.08 Å². The quantitative estimate of drug-likeness (QED) is 0.747. The molecule has 0 saturated carbocycles. The molecule has 0 aromatic carbocycles. The van der Waals surface area contributed by atoms with E-state index in [1.54, 1.807) is 6.08 Å². The Hall–Kier alpha value is -0.890. The molecule has 96 valence electrons. The first kappa shape index (κ1) is 14.2. The molecule has 1 aliphatic rings. The summed E-state index contributed by atoms with van der Waals surface area (Å²) in [6.45, 7) is 12.8. The van der Waals surface area contributed by atoms with Crippen molar-refractivity contribution in [2.45, 2.75) is 54.1 Å². The number of carbonyl (C=O) groups excluding carboxylic acids is 1. The van der Waals surface area contributed by atoms with Crippen LogP contribution in [-0.2, 0) is 4.79 Å². The molecule has 0 saturated heterocycles. The van der Waals surface area contributed by atoms with Gasteiger partial charge in [0.25, 0.3) is 0 Å². The number of hydrogen-bond donors (Lipinski definition) is 1. The van der Waals surface area contributed by atoms with Crippen molar-refractivity contribution in [3.63, 3.8) is 0 Å². The van der Waals surface area contributed by atoms with Gasteiger partial charge in [0.05, 0.1) is 0 Å². The van der Waals surface area contributed by atoms with Crippen molar-refractivity contribution in [3.8, 4) is 0 Å². The van der Waals surface area contributed by atoms with E-state index in [9.17, 15) is 9.90 Å². The lowest BCUT2D eigenvalue weighted by molar-refractivity contribution is -0.111. The van der Waals surface area contributed by atoms with Gasteiger partial charge >= 0.3 is 0 Å². The molecule has 0 heterocycles. The molecule has 1 N–H and O–H groups in total. The Labute approximate surface area is 104 Å². The summed E-state index contributed by atoms with van der Waals surface area (Å²) < 4.78 is 0. The molecule has 2 heteroatoms. The summed E-state index contributed by atoms with van der Waals surface area (Å²) >= 11 is 0. The zero-order valence-corrected chi connectivity index (χ0v) is 11.8. The third-order valence-electron chi connectivity index (χ3n) is 3.38. The van der Waals surface area contributed by atoms with E-state index >= 15 is 0 Å².